The summed E-state index contributed by atoms with van der Waals surface area (Å²) in [5, 5.41) is 16.0. The molecule has 0 amide bonds. The Morgan fingerprint density at radius 1 is 1.10 bits per heavy atom. The number of nitrogens with zero attached hydrogens (tertiary/aromatic N) is 5. The maximum absolute atomic E-state index is 5.53. The van der Waals surface area contributed by atoms with Crippen LogP contribution in [0.5, 0.6) is 0 Å². The van der Waals surface area contributed by atoms with Gasteiger partial charge in [-0.3, -0.25) is 4.57 Å². The van der Waals surface area contributed by atoms with Crippen LogP contribution >= 0.6 is 23.1 Å². The highest BCUT2D eigenvalue weighted by molar-refractivity contribution is 7.99. The van der Waals surface area contributed by atoms with Crippen molar-refractivity contribution in [3.8, 4) is 5.69 Å². The Hall–Kier alpha value is -2.45. The van der Waals surface area contributed by atoms with Gasteiger partial charge in [-0.15, -0.1) is 21.5 Å². The molecule has 1 aromatic carbocycles. The maximum atomic E-state index is 5.53. The molecule has 0 saturated carbocycles. The molecule has 3 aromatic heterocycles. The molecule has 29 heavy (non-hydrogen) atoms. The minimum Gasteiger partial charge on any atom is -0.338 e. The molecule has 150 valence electrons. The zero-order valence-electron chi connectivity index (χ0n) is 16.9. The van der Waals surface area contributed by atoms with Crippen molar-refractivity contribution in [2.24, 2.45) is 0 Å². The minimum atomic E-state index is -0.149. The van der Waals surface area contributed by atoms with Crippen LogP contribution in [-0.2, 0) is 11.8 Å². The Balaban J connectivity index is 1.64. The summed E-state index contributed by atoms with van der Waals surface area (Å²) in [6.07, 6.45) is 0.739. The lowest BCUT2D eigenvalue weighted by Crippen LogP contribution is -2.13. The van der Waals surface area contributed by atoms with Crippen LogP contribution in [0.2, 0.25) is 0 Å². The predicted molar refractivity (Wildman–Crippen MR) is 116 cm³/mol. The molecule has 0 N–H and O–H groups in total. The summed E-state index contributed by atoms with van der Waals surface area (Å²) in [5.41, 5.74) is 0.893. The molecule has 6 nitrogen and oxygen atoms in total. The van der Waals surface area contributed by atoms with Crippen LogP contribution in [0.3, 0.4) is 0 Å². The number of benzene rings is 1. The van der Waals surface area contributed by atoms with Crippen LogP contribution in [0, 0.1) is 0 Å². The van der Waals surface area contributed by atoms with Crippen molar-refractivity contribution in [1.29, 1.82) is 0 Å². The van der Waals surface area contributed by atoms with Crippen LogP contribution in [0.15, 0.2) is 57.5 Å². The summed E-state index contributed by atoms with van der Waals surface area (Å²) < 4.78 is 7.64. The van der Waals surface area contributed by atoms with Crippen LogP contribution in [-0.4, -0.2) is 24.9 Å². The Labute approximate surface area is 178 Å². The number of rotatable bonds is 6. The second kappa shape index (κ2) is 8.12. The van der Waals surface area contributed by atoms with E-state index < -0.39 is 0 Å². The monoisotopic (exact) mass is 425 g/mol. The molecule has 0 spiro atoms. The number of thioether (sulfide) groups is 1. The van der Waals surface area contributed by atoms with E-state index in [-0.39, 0.29) is 10.7 Å². The molecule has 0 bridgehead atoms. The molecule has 4 aromatic rings. The van der Waals surface area contributed by atoms with E-state index in [1.165, 1.54) is 4.88 Å². The molecule has 4 rings (SSSR count). The van der Waals surface area contributed by atoms with Gasteiger partial charge in [-0.2, -0.15) is 4.98 Å². The molecule has 0 fully saturated rings. The Morgan fingerprint density at radius 2 is 1.90 bits per heavy atom. The predicted octanol–water partition coefficient (Wildman–Crippen LogP) is 5.45. The van der Waals surface area contributed by atoms with Gasteiger partial charge in [0.1, 0.15) is 5.82 Å². The first kappa shape index (κ1) is 19.8. The van der Waals surface area contributed by atoms with E-state index in [0.717, 1.165) is 23.1 Å². The number of para-hydroxylation sites is 1. The fourth-order valence-corrected chi connectivity index (χ4v) is 4.43. The lowest BCUT2D eigenvalue weighted by atomic mass is 9.96. The number of aromatic nitrogens is 5. The van der Waals surface area contributed by atoms with Gasteiger partial charge < -0.3 is 4.52 Å². The lowest BCUT2D eigenvalue weighted by molar-refractivity contribution is 0.364. The third kappa shape index (κ3) is 4.43. The van der Waals surface area contributed by atoms with E-state index in [4.69, 9.17) is 4.52 Å². The third-order valence-electron chi connectivity index (χ3n) is 4.37. The van der Waals surface area contributed by atoms with Crippen LogP contribution in [0.25, 0.3) is 5.69 Å². The highest BCUT2D eigenvalue weighted by Crippen LogP contribution is 2.35. The molecule has 3 heterocycles. The standard InChI is InChI=1S/C21H23N5OS2/c1-14(18-22-19(25-27-18)21(2,3)4)29-20-24-23-17(13-16-11-8-12-28-16)26(20)15-9-6-5-7-10-15/h5-12,14H,13H2,1-4H3/t14-/m1/s1. The molecule has 0 aliphatic heterocycles. The zero-order valence-corrected chi connectivity index (χ0v) is 18.5. The second-order valence-electron chi connectivity index (χ2n) is 7.79. The summed E-state index contributed by atoms with van der Waals surface area (Å²) in [5.74, 6) is 2.22. The van der Waals surface area contributed by atoms with Gasteiger partial charge in [-0.05, 0) is 30.5 Å². The molecular formula is C21H23N5OS2. The number of thiophene rings is 1. The molecule has 1 atom stereocenters. The van der Waals surface area contributed by atoms with Gasteiger partial charge in [0.15, 0.2) is 11.0 Å². The molecule has 0 radical (unpaired) electrons. The third-order valence-corrected chi connectivity index (χ3v) is 6.28. The summed E-state index contributed by atoms with van der Waals surface area (Å²) in [4.78, 5) is 5.85. The molecule has 8 heteroatoms. The van der Waals surface area contributed by atoms with E-state index in [1.54, 1.807) is 23.1 Å². The largest absolute Gasteiger partial charge is 0.338 e. The molecule has 0 unspecified atom stereocenters. The van der Waals surface area contributed by atoms with Crippen molar-refractivity contribution in [3.63, 3.8) is 0 Å². The summed E-state index contributed by atoms with van der Waals surface area (Å²) in [6.45, 7) is 8.26. The SMILES string of the molecule is C[C@@H](Sc1nnc(Cc2cccs2)n1-c1ccccc1)c1nc(C(C)(C)C)no1. The van der Waals surface area contributed by atoms with Gasteiger partial charge >= 0.3 is 0 Å². The van der Waals surface area contributed by atoms with Gasteiger partial charge in [0.25, 0.3) is 0 Å². The zero-order chi connectivity index (χ0) is 20.4. The first-order valence-electron chi connectivity index (χ1n) is 9.44. The maximum Gasteiger partial charge on any atom is 0.239 e. The second-order valence-corrected chi connectivity index (χ2v) is 10.1. The van der Waals surface area contributed by atoms with E-state index in [9.17, 15) is 0 Å². The van der Waals surface area contributed by atoms with Crippen LogP contribution < -0.4 is 0 Å². The van der Waals surface area contributed by atoms with Crippen molar-refractivity contribution in [1.82, 2.24) is 24.9 Å². The summed E-state index contributed by atoms with van der Waals surface area (Å²) >= 11 is 3.30. The highest BCUT2D eigenvalue weighted by atomic mass is 32.2. The summed E-state index contributed by atoms with van der Waals surface area (Å²) in [7, 11) is 0. The van der Waals surface area contributed by atoms with Gasteiger partial charge in [0.05, 0.1) is 5.25 Å². The Morgan fingerprint density at radius 3 is 2.55 bits per heavy atom. The first-order valence-corrected chi connectivity index (χ1v) is 11.2. The molecular weight excluding hydrogens is 402 g/mol. The average molecular weight is 426 g/mol. The number of hydrogen-bond acceptors (Lipinski definition) is 7. The fraction of sp³-hybridized carbons (Fsp3) is 0.333. The average Bonchev–Trinajstić information content (AvgIpc) is 3.43. The van der Waals surface area contributed by atoms with Crippen LogP contribution in [0.4, 0.5) is 0 Å². The first-order chi connectivity index (χ1) is 13.9. The molecule has 0 aliphatic rings. The van der Waals surface area contributed by atoms with Crippen molar-refractivity contribution in [2.45, 2.75) is 49.9 Å². The highest BCUT2D eigenvalue weighted by Gasteiger charge is 2.25. The van der Waals surface area contributed by atoms with E-state index in [0.29, 0.717) is 11.7 Å². The van der Waals surface area contributed by atoms with E-state index in [1.807, 2.05) is 25.1 Å². The van der Waals surface area contributed by atoms with Gasteiger partial charge in [-0.25, -0.2) is 0 Å². The van der Waals surface area contributed by atoms with E-state index in [2.05, 4.69) is 75.3 Å². The van der Waals surface area contributed by atoms with Gasteiger partial charge in [0, 0.05) is 22.4 Å². The van der Waals surface area contributed by atoms with Crippen LogP contribution in [0.1, 0.15) is 55.4 Å². The summed E-state index contributed by atoms with van der Waals surface area (Å²) in [6, 6.07) is 14.4. The minimum absolute atomic E-state index is 0.0418. The Kier molecular flexibility index (Phi) is 5.56. The van der Waals surface area contributed by atoms with E-state index >= 15 is 0 Å². The molecule has 0 aliphatic carbocycles. The quantitative estimate of drug-likeness (QED) is 0.382. The fourth-order valence-electron chi connectivity index (χ4n) is 2.81. The topological polar surface area (TPSA) is 69.6 Å². The van der Waals surface area contributed by atoms with Gasteiger partial charge in [0.2, 0.25) is 5.89 Å². The molecule has 0 saturated heterocycles. The lowest BCUT2D eigenvalue weighted by Gasteiger charge is -2.12. The Bertz CT molecular complexity index is 1060. The van der Waals surface area contributed by atoms with Crippen molar-refractivity contribution in [3.05, 3.63) is 70.3 Å². The van der Waals surface area contributed by atoms with Gasteiger partial charge in [-0.1, -0.05) is 62.0 Å². The number of hydrogen-bond donors (Lipinski definition) is 0. The smallest absolute Gasteiger partial charge is 0.239 e. The van der Waals surface area contributed by atoms with Crippen molar-refractivity contribution >= 4 is 23.1 Å². The van der Waals surface area contributed by atoms with Crippen molar-refractivity contribution in [2.75, 3.05) is 0 Å². The van der Waals surface area contributed by atoms with Crippen molar-refractivity contribution < 1.29 is 4.52 Å². The normalized spacial score (nSPS) is 13.0.